The minimum absolute atomic E-state index is 0.0795. The van der Waals surface area contributed by atoms with Crippen molar-refractivity contribution in [1.82, 2.24) is 0 Å². The molecule has 2 atom stereocenters. The molecule has 3 rings (SSSR count). The molecule has 2 aliphatic rings. The van der Waals surface area contributed by atoms with Crippen LogP contribution >= 0.6 is 0 Å². The number of carbonyl (C=O) groups is 1. The molecule has 94 valence electrons. The molecule has 2 unspecified atom stereocenters. The summed E-state index contributed by atoms with van der Waals surface area (Å²) in [6, 6.07) is 8.65. The summed E-state index contributed by atoms with van der Waals surface area (Å²) in [6.07, 6.45) is 3.95. The lowest BCUT2D eigenvalue weighted by molar-refractivity contribution is -0.146. The molecule has 1 aromatic carbocycles. The molecular weight excluding hydrogens is 226 g/mol. The predicted molar refractivity (Wildman–Crippen MR) is 71.2 cm³/mol. The van der Waals surface area contributed by atoms with E-state index in [-0.39, 0.29) is 11.9 Å². The fraction of sp³-hybridized carbons (Fsp3) is 0.400. The second-order valence-corrected chi connectivity index (χ2v) is 4.80. The Bertz CT molecular complexity index is 507. The van der Waals surface area contributed by atoms with Crippen LogP contribution in [0.1, 0.15) is 25.3 Å². The highest BCUT2D eigenvalue weighted by atomic mass is 16.5. The predicted octanol–water partition coefficient (Wildman–Crippen LogP) is 2.84. The van der Waals surface area contributed by atoms with Crippen LogP contribution < -0.4 is 5.32 Å². The average molecular weight is 243 g/mol. The first-order valence-corrected chi connectivity index (χ1v) is 6.54. The lowest BCUT2D eigenvalue weighted by Crippen LogP contribution is -2.25. The third-order valence-electron chi connectivity index (χ3n) is 3.68. The van der Waals surface area contributed by atoms with Gasteiger partial charge in [-0.05, 0) is 31.4 Å². The normalized spacial score (nSPS) is 24.6. The van der Waals surface area contributed by atoms with Crippen LogP contribution in [0.2, 0.25) is 0 Å². The number of fused-ring (bicyclic) bond motifs is 3. The van der Waals surface area contributed by atoms with Gasteiger partial charge in [-0.3, -0.25) is 4.79 Å². The standard InChI is InChI=1S/C15H17NO2/c1-2-18-15(17)10-7-8-14-12(9-10)11-5-3-4-6-13(11)16-14/h3-6,9-10,14,16H,2,7-8H2,1H3. The van der Waals surface area contributed by atoms with E-state index in [4.69, 9.17) is 4.74 Å². The highest BCUT2D eigenvalue weighted by Gasteiger charge is 2.33. The zero-order valence-electron chi connectivity index (χ0n) is 10.5. The van der Waals surface area contributed by atoms with Crippen molar-refractivity contribution >= 4 is 17.2 Å². The Morgan fingerprint density at radius 3 is 3.06 bits per heavy atom. The molecule has 0 spiro atoms. The minimum atomic E-state index is -0.0900. The van der Waals surface area contributed by atoms with Gasteiger partial charge in [0.1, 0.15) is 0 Å². The Morgan fingerprint density at radius 2 is 2.22 bits per heavy atom. The molecule has 0 bridgehead atoms. The van der Waals surface area contributed by atoms with E-state index in [0.717, 1.165) is 12.8 Å². The summed E-state index contributed by atoms with van der Waals surface area (Å²) in [5.74, 6) is -0.169. The van der Waals surface area contributed by atoms with Gasteiger partial charge in [-0.25, -0.2) is 0 Å². The van der Waals surface area contributed by atoms with E-state index in [1.807, 2.05) is 19.1 Å². The number of carbonyl (C=O) groups excluding carboxylic acids is 1. The maximum Gasteiger partial charge on any atom is 0.312 e. The molecule has 0 aromatic heterocycles. The van der Waals surface area contributed by atoms with Crippen molar-refractivity contribution in [1.29, 1.82) is 0 Å². The number of hydrogen-bond acceptors (Lipinski definition) is 3. The Balaban J connectivity index is 1.91. The summed E-state index contributed by atoms with van der Waals surface area (Å²) in [6.45, 7) is 2.31. The van der Waals surface area contributed by atoms with Crippen molar-refractivity contribution in [3.8, 4) is 0 Å². The number of ether oxygens (including phenoxy) is 1. The Hall–Kier alpha value is -1.77. The molecule has 3 nitrogen and oxygen atoms in total. The van der Waals surface area contributed by atoms with Gasteiger partial charge in [0.15, 0.2) is 0 Å². The second kappa shape index (κ2) is 4.48. The molecule has 0 saturated heterocycles. The van der Waals surface area contributed by atoms with Crippen molar-refractivity contribution in [3.63, 3.8) is 0 Å². The van der Waals surface area contributed by atoms with Gasteiger partial charge in [-0.15, -0.1) is 0 Å². The number of benzene rings is 1. The second-order valence-electron chi connectivity index (χ2n) is 4.80. The van der Waals surface area contributed by atoms with Crippen LogP contribution in [0.3, 0.4) is 0 Å². The molecular formula is C15H17NO2. The van der Waals surface area contributed by atoms with Gasteiger partial charge in [0.05, 0.1) is 18.6 Å². The Morgan fingerprint density at radius 1 is 1.39 bits per heavy atom. The maximum atomic E-state index is 11.8. The Kier molecular flexibility index (Phi) is 2.82. The van der Waals surface area contributed by atoms with Gasteiger partial charge in [-0.1, -0.05) is 24.3 Å². The van der Waals surface area contributed by atoms with Crippen LogP contribution in [0.5, 0.6) is 0 Å². The van der Waals surface area contributed by atoms with E-state index in [1.54, 1.807) is 0 Å². The quantitative estimate of drug-likeness (QED) is 0.812. The number of para-hydroxylation sites is 1. The molecule has 3 heteroatoms. The summed E-state index contributed by atoms with van der Waals surface area (Å²) < 4.78 is 5.11. The number of anilines is 1. The van der Waals surface area contributed by atoms with Crippen LogP contribution in [0.25, 0.3) is 5.57 Å². The highest BCUT2D eigenvalue weighted by Crippen LogP contribution is 2.41. The molecule has 0 fully saturated rings. The van der Waals surface area contributed by atoms with E-state index < -0.39 is 0 Å². The smallest absolute Gasteiger partial charge is 0.312 e. The molecule has 1 heterocycles. The summed E-state index contributed by atoms with van der Waals surface area (Å²) in [5, 5.41) is 3.51. The monoisotopic (exact) mass is 243 g/mol. The number of nitrogens with one attached hydrogen (secondary N) is 1. The fourth-order valence-electron chi connectivity index (χ4n) is 2.83. The highest BCUT2D eigenvalue weighted by molar-refractivity contribution is 5.89. The molecule has 0 radical (unpaired) electrons. The lowest BCUT2D eigenvalue weighted by Gasteiger charge is -2.23. The van der Waals surface area contributed by atoms with Crippen LogP contribution in [0, 0.1) is 5.92 Å². The van der Waals surface area contributed by atoms with Crippen LogP contribution in [-0.2, 0) is 9.53 Å². The van der Waals surface area contributed by atoms with Crippen LogP contribution in [-0.4, -0.2) is 18.6 Å². The van der Waals surface area contributed by atoms with Crippen molar-refractivity contribution in [2.45, 2.75) is 25.8 Å². The number of hydrogen-bond donors (Lipinski definition) is 1. The van der Waals surface area contributed by atoms with E-state index in [2.05, 4.69) is 23.5 Å². The minimum Gasteiger partial charge on any atom is -0.466 e. The molecule has 1 aliphatic carbocycles. The van der Waals surface area contributed by atoms with Crippen molar-refractivity contribution in [3.05, 3.63) is 35.9 Å². The van der Waals surface area contributed by atoms with Gasteiger partial charge < -0.3 is 10.1 Å². The topological polar surface area (TPSA) is 38.3 Å². The zero-order valence-corrected chi connectivity index (χ0v) is 10.5. The van der Waals surface area contributed by atoms with Crippen molar-refractivity contribution < 1.29 is 9.53 Å². The summed E-state index contributed by atoms with van der Waals surface area (Å²) in [4.78, 5) is 11.8. The average Bonchev–Trinajstić information content (AvgIpc) is 2.76. The molecule has 1 aromatic rings. The zero-order chi connectivity index (χ0) is 12.5. The Labute approximate surface area is 107 Å². The maximum absolute atomic E-state index is 11.8. The SMILES string of the molecule is CCOC(=O)C1C=C2c3ccccc3NC2CC1. The summed E-state index contributed by atoms with van der Waals surface area (Å²) in [7, 11) is 0. The third kappa shape index (κ3) is 1.80. The molecule has 18 heavy (non-hydrogen) atoms. The van der Waals surface area contributed by atoms with Crippen LogP contribution in [0.15, 0.2) is 30.3 Å². The largest absolute Gasteiger partial charge is 0.466 e. The lowest BCUT2D eigenvalue weighted by atomic mass is 9.86. The first-order chi connectivity index (χ1) is 8.79. The van der Waals surface area contributed by atoms with E-state index >= 15 is 0 Å². The van der Waals surface area contributed by atoms with E-state index in [9.17, 15) is 4.79 Å². The van der Waals surface area contributed by atoms with Gasteiger partial charge in [0.2, 0.25) is 0 Å². The molecule has 1 N–H and O–H groups in total. The van der Waals surface area contributed by atoms with E-state index in [0.29, 0.717) is 12.6 Å². The number of rotatable bonds is 2. The van der Waals surface area contributed by atoms with Gasteiger partial charge in [0, 0.05) is 11.3 Å². The van der Waals surface area contributed by atoms with Gasteiger partial charge >= 0.3 is 5.97 Å². The number of esters is 1. The molecule has 0 saturated carbocycles. The van der Waals surface area contributed by atoms with Crippen LogP contribution in [0.4, 0.5) is 5.69 Å². The van der Waals surface area contributed by atoms with Gasteiger partial charge in [0.25, 0.3) is 0 Å². The van der Waals surface area contributed by atoms with Gasteiger partial charge in [-0.2, -0.15) is 0 Å². The van der Waals surface area contributed by atoms with Crippen molar-refractivity contribution in [2.24, 2.45) is 5.92 Å². The van der Waals surface area contributed by atoms with Crippen molar-refractivity contribution in [2.75, 3.05) is 11.9 Å². The summed E-state index contributed by atoms with van der Waals surface area (Å²) in [5.41, 5.74) is 3.67. The summed E-state index contributed by atoms with van der Waals surface area (Å²) >= 11 is 0. The third-order valence-corrected chi connectivity index (χ3v) is 3.68. The first-order valence-electron chi connectivity index (χ1n) is 6.54. The fourth-order valence-corrected chi connectivity index (χ4v) is 2.83. The first kappa shape index (κ1) is 11.3. The van der Waals surface area contributed by atoms with E-state index in [1.165, 1.54) is 16.8 Å². The molecule has 0 amide bonds. The molecule has 1 aliphatic heterocycles.